The number of nitrogens with zero attached hydrogens (tertiary/aromatic N) is 2. The molecule has 0 N–H and O–H groups in total. The molecule has 2 aromatic rings. The van der Waals surface area contributed by atoms with Crippen molar-refractivity contribution in [2.45, 2.75) is 6.92 Å². The van der Waals surface area contributed by atoms with Crippen molar-refractivity contribution in [1.82, 2.24) is 8.75 Å². The normalized spacial score (nSPS) is 10.9. The summed E-state index contributed by atoms with van der Waals surface area (Å²) in [5.41, 5.74) is 2.20. The lowest BCUT2D eigenvalue weighted by Crippen LogP contribution is -1.83. The van der Waals surface area contributed by atoms with Crippen LogP contribution in [-0.2, 0) is 0 Å². The predicted octanol–water partition coefficient (Wildman–Crippen LogP) is 2.90. The molecule has 5 heteroatoms. The predicted molar refractivity (Wildman–Crippen MR) is 49.8 cm³/mol. The Labute approximate surface area is 80.9 Å². The van der Waals surface area contributed by atoms with Crippen LogP contribution < -0.4 is 0 Å². The third-order valence-corrected chi connectivity index (χ3v) is 2.91. The summed E-state index contributed by atoms with van der Waals surface area (Å²) in [6.07, 6.45) is 0. The first-order chi connectivity index (χ1) is 5.70. The molecule has 2 rings (SSSR count). The van der Waals surface area contributed by atoms with Crippen LogP contribution in [0.25, 0.3) is 11.0 Å². The Morgan fingerprint density at radius 2 is 2.08 bits per heavy atom. The van der Waals surface area contributed by atoms with Gasteiger partial charge in [-0.25, -0.2) is 4.39 Å². The average molecular weight is 247 g/mol. The van der Waals surface area contributed by atoms with E-state index in [9.17, 15) is 4.39 Å². The van der Waals surface area contributed by atoms with Crippen molar-refractivity contribution in [1.29, 1.82) is 0 Å². The maximum absolute atomic E-state index is 13.1. The van der Waals surface area contributed by atoms with Crippen molar-refractivity contribution < 1.29 is 4.39 Å². The SMILES string of the molecule is Cc1cc(F)c(Br)c2nsnc12. The Kier molecular flexibility index (Phi) is 1.84. The molecule has 0 aliphatic carbocycles. The van der Waals surface area contributed by atoms with Gasteiger partial charge < -0.3 is 0 Å². The van der Waals surface area contributed by atoms with Crippen molar-refractivity contribution in [2.75, 3.05) is 0 Å². The monoisotopic (exact) mass is 246 g/mol. The van der Waals surface area contributed by atoms with E-state index in [1.165, 1.54) is 6.07 Å². The van der Waals surface area contributed by atoms with Gasteiger partial charge in [0.2, 0.25) is 0 Å². The van der Waals surface area contributed by atoms with Gasteiger partial charge in [0.25, 0.3) is 0 Å². The third kappa shape index (κ3) is 1.04. The second-order valence-electron chi connectivity index (χ2n) is 2.45. The fourth-order valence-corrected chi connectivity index (χ4v) is 2.15. The van der Waals surface area contributed by atoms with E-state index in [4.69, 9.17) is 0 Å². The fourth-order valence-electron chi connectivity index (χ4n) is 1.03. The van der Waals surface area contributed by atoms with E-state index in [2.05, 4.69) is 24.7 Å². The molecule has 0 aliphatic rings. The van der Waals surface area contributed by atoms with E-state index < -0.39 is 0 Å². The number of hydrogen-bond acceptors (Lipinski definition) is 3. The zero-order chi connectivity index (χ0) is 8.72. The Morgan fingerprint density at radius 3 is 2.83 bits per heavy atom. The molecule has 12 heavy (non-hydrogen) atoms. The van der Waals surface area contributed by atoms with Crippen molar-refractivity contribution in [3.8, 4) is 0 Å². The Morgan fingerprint density at radius 1 is 1.42 bits per heavy atom. The van der Waals surface area contributed by atoms with Crippen molar-refractivity contribution in [2.24, 2.45) is 0 Å². The van der Waals surface area contributed by atoms with Crippen LogP contribution in [0.1, 0.15) is 5.56 Å². The summed E-state index contributed by atoms with van der Waals surface area (Å²) in [7, 11) is 0. The highest BCUT2D eigenvalue weighted by Crippen LogP contribution is 2.27. The van der Waals surface area contributed by atoms with Gasteiger partial charge in [-0.2, -0.15) is 8.75 Å². The standard InChI is InChI=1S/C7H4BrFN2S/c1-3-2-4(9)5(8)7-6(3)10-12-11-7/h2H,1H3. The second kappa shape index (κ2) is 2.74. The molecule has 62 valence electrons. The minimum absolute atomic E-state index is 0.285. The first-order valence-electron chi connectivity index (χ1n) is 3.27. The van der Waals surface area contributed by atoms with Gasteiger partial charge in [0.05, 0.1) is 16.2 Å². The van der Waals surface area contributed by atoms with Crippen LogP contribution in [0.3, 0.4) is 0 Å². The van der Waals surface area contributed by atoms with Gasteiger partial charge in [-0.3, -0.25) is 0 Å². The molecule has 0 unspecified atom stereocenters. The number of aryl methyl sites for hydroxylation is 1. The molecule has 0 radical (unpaired) electrons. The molecule has 0 saturated carbocycles. The Bertz CT molecular complexity index is 440. The van der Waals surface area contributed by atoms with E-state index >= 15 is 0 Å². The molecule has 1 aromatic carbocycles. The lowest BCUT2D eigenvalue weighted by molar-refractivity contribution is 0.622. The zero-order valence-electron chi connectivity index (χ0n) is 6.14. The molecule has 1 aromatic heterocycles. The highest BCUT2D eigenvalue weighted by atomic mass is 79.9. The largest absolute Gasteiger partial charge is 0.206 e. The third-order valence-electron chi connectivity index (χ3n) is 1.62. The number of halogens is 2. The molecule has 0 amide bonds. The number of hydrogen-bond donors (Lipinski definition) is 0. The molecule has 0 aliphatic heterocycles. The number of benzene rings is 1. The molecule has 0 spiro atoms. The van der Waals surface area contributed by atoms with Crippen molar-refractivity contribution in [3.05, 3.63) is 21.9 Å². The minimum atomic E-state index is -0.285. The van der Waals surface area contributed by atoms with Gasteiger partial charge in [-0.05, 0) is 34.5 Å². The van der Waals surface area contributed by atoms with Crippen LogP contribution in [0.15, 0.2) is 10.5 Å². The van der Waals surface area contributed by atoms with Crippen molar-refractivity contribution >= 4 is 38.7 Å². The Balaban J connectivity index is 2.97. The highest BCUT2D eigenvalue weighted by Gasteiger charge is 2.10. The molecule has 0 saturated heterocycles. The molecular weight excluding hydrogens is 243 g/mol. The highest BCUT2D eigenvalue weighted by molar-refractivity contribution is 9.10. The van der Waals surface area contributed by atoms with Crippen LogP contribution in [0.4, 0.5) is 4.39 Å². The summed E-state index contributed by atoms with van der Waals surface area (Å²) in [6.45, 7) is 1.82. The lowest BCUT2D eigenvalue weighted by atomic mass is 10.2. The zero-order valence-corrected chi connectivity index (χ0v) is 8.54. The first-order valence-corrected chi connectivity index (χ1v) is 4.79. The molecule has 1 heterocycles. The van der Waals surface area contributed by atoms with Crippen LogP contribution in [0.2, 0.25) is 0 Å². The van der Waals surface area contributed by atoms with Gasteiger partial charge in [-0.15, -0.1) is 0 Å². The molecule has 2 nitrogen and oxygen atoms in total. The van der Waals surface area contributed by atoms with E-state index in [1.54, 1.807) is 0 Å². The first kappa shape index (κ1) is 8.07. The molecular formula is C7H4BrFN2S. The smallest absolute Gasteiger partial charge is 0.140 e. The van der Waals surface area contributed by atoms with Gasteiger partial charge in [0.15, 0.2) is 0 Å². The number of rotatable bonds is 0. The summed E-state index contributed by atoms with van der Waals surface area (Å²) in [6, 6.07) is 1.45. The van der Waals surface area contributed by atoms with Gasteiger partial charge in [0, 0.05) is 0 Å². The maximum atomic E-state index is 13.1. The number of fused-ring (bicyclic) bond motifs is 1. The Hall–Kier alpha value is -0.550. The summed E-state index contributed by atoms with van der Waals surface area (Å²) < 4.78 is 21.5. The molecule has 0 atom stereocenters. The van der Waals surface area contributed by atoms with E-state index in [0.29, 0.717) is 9.99 Å². The topological polar surface area (TPSA) is 25.8 Å². The van der Waals surface area contributed by atoms with Crippen LogP contribution in [-0.4, -0.2) is 8.75 Å². The summed E-state index contributed by atoms with van der Waals surface area (Å²) >= 11 is 4.22. The minimum Gasteiger partial charge on any atom is -0.206 e. The quantitative estimate of drug-likeness (QED) is 0.715. The average Bonchev–Trinajstić information content (AvgIpc) is 2.48. The second-order valence-corrected chi connectivity index (χ2v) is 3.77. The molecule has 0 fully saturated rings. The van der Waals surface area contributed by atoms with Crippen molar-refractivity contribution in [3.63, 3.8) is 0 Å². The van der Waals surface area contributed by atoms with Crippen LogP contribution in [0, 0.1) is 12.7 Å². The molecule has 0 bridgehead atoms. The maximum Gasteiger partial charge on any atom is 0.140 e. The van der Waals surface area contributed by atoms with E-state index in [1.807, 2.05) is 6.92 Å². The lowest BCUT2D eigenvalue weighted by Gasteiger charge is -1.97. The summed E-state index contributed by atoms with van der Waals surface area (Å²) in [5, 5.41) is 0. The van der Waals surface area contributed by atoms with E-state index in [-0.39, 0.29) is 5.82 Å². The van der Waals surface area contributed by atoms with Crippen LogP contribution in [0.5, 0.6) is 0 Å². The number of aromatic nitrogens is 2. The summed E-state index contributed by atoms with van der Waals surface area (Å²) in [4.78, 5) is 0. The van der Waals surface area contributed by atoms with Gasteiger partial charge in [-0.1, -0.05) is 0 Å². The van der Waals surface area contributed by atoms with Gasteiger partial charge >= 0.3 is 0 Å². The van der Waals surface area contributed by atoms with Gasteiger partial charge in [0.1, 0.15) is 16.9 Å². The van der Waals surface area contributed by atoms with E-state index in [0.717, 1.165) is 22.8 Å². The fraction of sp³-hybridized carbons (Fsp3) is 0.143. The summed E-state index contributed by atoms with van der Waals surface area (Å²) in [5.74, 6) is -0.285. The van der Waals surface area contributed by atoms with Crippen LogP contribution >= 0.6 is 27.7 Å².